The predicted octanol–water partition coefficient (Wildman–Crippen LogP) is 3.61. The van der Waals surface area contributed by atoms with Crippen LogP contribution in [0.4, 0.5) is 8.78 Å². The molecule has 0 saturated carbocycles. The molecule has 2 aliphatic heterocycles. The fraction of sp³-hybridized carbons (Fsp3) is 0.600. The molecule has 4 nitrogen and oxygen atoms in total. The molecule has 0 radical (unpaired) electrons. The fourth-order valence-corrected chi connectivity index (χ4v) is 4.14. The molecule has 8 heteroatoms. The maximum absolute atomic E-state index is 13.3. The van der Waals surface area contributed by atoms with Crippen LogP contribution in [0.1, 0.15) is 40.2 Å². The fourth-order valence-electron chi connectivity index (χ4n) is 2.95. The van der Waals surface area contributed by atoms with Crippen LogP contribution in [0, 0.1) is 0 Å². The Morgan fingerprint density at radius 3 is 2.65 bits per heavy atom. The van der Waals surface area contributed by atoms with Gasteiger partial charge in [0, 0.05) is 26.6 Å². The summed E-state index contributed by atoms with van der Waals surface area (Å²) in [4.78, 5) is 15.7. The summed E-state index contributed by atoms with van der Waals surface area (Å²) in [7, 11) is 1.49. The first-order valence-corrected chi connectivity index (χ1v) is 8.82. The van der Waals surface area contributed by atoms with Crippen molar-refractivity contribution in [1.82, 2.24) is 9.91 Å². The smallest absolute Gasteiger partial charge is 0.338 e. The number of hydrogen-bond acceptors (Lipinski definition) is 4. The van der Waals surface area contributed by atoms with Gasteiger partial charge < -0.3 is 4.90 Å². The van der Waals surface area contributed by atoms with E-state index in [1.807, 2.05) is 4.90 Å². The zero-order valence-electron chi connectivity index (χ0n) is 12.8. The summed E-state index contributed by atoms with van der Waals surface area (Å²) in [5, 5.41) is 2.04. The van der Waals surface area contributed by atoms with Gasteiger partial charge in [0.05, 0.1) is 15.5 Å². The van der Waals surface area contributed by atoms with E-state index in [-0.39, 0.29) is 12.3 Å². The number of hydrogen-bond donors (Lipinski definition) is 0. The minimum absolute atomic E-state index is 0.0205. The third-order valence-corrected chi connectivity index (χ3v) is 5.61. The van der Waals surface area contributed by atoms with Gasteiger partial charge in [0.1, 0.15) is 6.04 Å². The standard InChI is InChI=1S/C15H18ClF2N3OS/c1-20-13(15(16,17)18)9-10(19-20)11-5-6-12(23-11)14(22)21-7-3-2-4-8-21/h5-6,13H,2-4,7-9H2,1H3/t13-/m1/s1. The van der Waals surface area contributed by atoms with Crippen molar-refractivity contribution in [2.45, 2.75) is 37.1 Å². The summed E-state index contributed by atoms with van der Waals surface area (Å²) >= 11 is 6.45. The van der Waals surface area contributed by atoms with Gasteiger partial charge in [-0.05, 0) is 43.0 Å². The van der Waals surface area contributed by atoms with Crippen molar-refractivity contribution in [1.29, 1.82) is 0 Å². The van der Waals surface area contributed by atoms with Gasteiger partial charge in [0.25, 0.3) is 5.91 Å². The normalized spacial score (nSPS) is 22.4. The number of likely N-dealkylation sites (tertiary alicyclic amines) is 1. The molecular formula is C15H18ClF2N3OS. The number of halogens is 3. The second-order valence-corrected chi connectivity index (χ2v) is 7.49. The first-order valence-electron chi connectivity index (χ1n) is 7.63. The molecule has 0 spiro atoms. The number of carbonyl (C=O) groups is 1. The molecule has 126 valence electrons. The van der Waals surface area contributed by atoms with E-state index in [0.717, 1.165) is 37.2 Å². The Balaban J connectivity index is 1.72. The van der Waals surface area contributed by atoms with Crippen LogP contribution in [0.3, 0.4) is 0 Å². The second kappa shape index (κ2) is 6.36. The van der Waals surface area contributed by atoms with Gasteiger partial charge in [0.2, 0.25) is 0 Å². The number of alkyl halides is 3. The molecule has 0 aromatic carbocycles. The van der Waals surface area contributed by atoms with E-state index in [1.165, 1.54) is 23.4 Å². The van der Waals surface area contributed by atoms with Crippen LogP contribution in [0.2, 0.25) is 0 Å². The predicted molar refractivity (Wildman–Crippen MR) is 87.6 cm³/mol. The van der Waals surface area contributed by atoms with Crippen LogP contribution in [0.5, 0.6) is 0 Å². The van der Waals surface area contributed by atoms with Crippen molar-refractivity contribution in [2.24, 2.45) is 5.10 Å². The number of piperidine rings is 1. The van der Waals surface area contributed by atoms with Crippen LogP contribution in [-0.2, 0) is 0 Å². The Morgan fingerprint density at radius 2 is 2.04 bits per heavy atom. The second-order valence-electron chi connectivity index (χ2n) is 5.90. The van der Waals surface area contributed by atoms with E-state index in [2.05, 4.69) is 5.10 Å². The third-order valence-electron chi connectivity index (χ3n) is 4.24. The topological polar surface area (TPSA) is 35.9 Å². The zero-order valence-corrected chi connectivity index (χ0v) is 14.3. The Labute approximate surface area is 142 Å². The highest BCUT2D eigenvalue weighted by atomic mass is 35.5. The molecule has 3 heterocycles. The Morgan fingerprint density at radius 1 is 1.35 bits per heavy atom. The van der Waals surface area contributed by atoms with Crippen molar-refractivity contribution in [3.8, 4) is 0 Å². The molecule has 0 aliphatic carbocycles. The van der Waals surface area contributed by atoms with Gasteiger partial charge in [-0.15, -0.1) is 11.3 Å². The van der Waals surface area contributed by atoms with E-state index in [1.54, 1.807) is 12.1 Å². The molecule has 1 saturated heterocycles. The molecule has 0 N–H and O–H groups in total. The van der Waals surface area contributed by atoms with Crippen LogP contribution >= 0.6 is 22.9 Å². The maximum Gasteiger partial charge on any atom is 0.343 e. The summed E-state index contributed by atoms with van der Waals surface area (Å²) < 4.78 is 26.7. The molecule has 1 aromatic rings. The van der Waals surface area contributed by atoms with Gasteiger partial charge in [-0.3, -0.25) is 9.80 Å². The van der Waals surface area contributed by atoms with Crippen LogP contribution < -0.4 is 0 Å². The molecule has 1 fully saturated rings. The number of carbonyl (C=O) groups excluding carboxylic acids is 1. The maximum atomic E-state index is 13.3. The lowest BCUT2D eigenvalue weighted by Gasteiger charge is -2.26. The van der Waals surface area contributed by atoms with Crippen LogP contribution in [0.25, 0.3) is 0 Å². The van der Waals surface area contributed by atoms with E-state index in [9.17, 15) is 13.6 Å². The summed E-state index contributed by atoms with van der Waals surface area (Å²) in [5.41, 5.74) is 0.556. The molecule has 1 atom stereocenters. The van der Waals surface area contributed by atoms with Gasteiger partial charge in [-0.25, -0.2) is 0 Å². The summed E-state index contributed by atoms with van der Waals surface area (Å²) in [6.07, 6.45) is 3.31. The largest absolute Gasteiger partial charge is 0.343 e. The minimum atomic E-state index is -3.33. The van der Waals surface area contributed by atoms with E-state index in [4.69, 9.17) is 11.6 Å². The molecule has 23 heavy (non-hydrogen) atoms. The summed E-state index contributed by atoms with van der Waals surface area (Å²) in [6.45, 7) is 1.58. The molecule has 0 unspecified atom stereocenters. The lowest BCUT2D eigenvalue weighted by Crippen LogP contribution is -2.37. The molecule has 2 aliphatic rings. The first kappa shape index (κ1) is 16.6. The molecule has 1 amide bonds. The lowest BCUT2D eigenvalue weighted by atomic mass is 10.1. The molecule has 0 bridgehead atoms. The number of rotatable bonds is 3. The van der Waals surface area contributed by atoms with E-state index >= 15 is 0 Å². The summed E-state index contributed by atoms with van der Waals surface area (Å²) in [6, 6.07) is 2.39. The SMILES string of the molecule is CN1N=C(c2ccc(C(=O)N3CCCCC3)s2)C[C@@H]1C(F)(F)Cl. The Kier molecular flexibility index (Phi) is 4.60. The van der Waals surface area contributed by atoms with Gasteiger partial charge >= 0.3 is 5.38 Å². The van der Waals surface area contributed by atoms with E-state index in [0.29, 0.717) is 10.6 Å². The number of thiophene rings is 1. The number of hydrazone groups is 1. The zero-order chi connectivity index (χ0) is 16.6. The lowest BCUT2D eigenvalue weighted by molar-refractivity contribution is 0.0102. The van der Waals surface area contributed by atoms with Crippen LogP contribution in [-0.4, -0.2) is 53.1 Å². The summed E-state index contributed by atoms with van der Waals surface area (Å²) in [5.74, 6) is 0.0205. The first-order chi connectivity index (χ1) is 10.9. The third kappa shape index (κ3) is 3.50. The van der Waals surface area contributed by atoms with Gasteiger partial charge in [-0.1, -0.05) is 0 Å². The monoisotopic (exact) mass is 361 g/mol. The molecular weight excluding hydrogens is 344 g/mol. The van der Waals surface area contributed by atoms with E-state index < -0.39 is 11.4 Å². The van der Waals surface area contributed by atoms with Gasteiger partial charge in [-0.2, -0.15) is 13.9 Å². The Bertz CT molecular complexity index is 622. The number of amides is 1. The minimum Gasteiger partial charge on any atom is -0.338 e. The highest BCUT2D eigenvalue weighted by molar-refractivity contribution is 7.16. The molecule has 1 aromatic heterocycles. The van der Waals surface area contributed by atoms with Gasteiger partial charge in [0.15, 0.2) is 0 Å². The average Bonchev–Trinajstić information content (AvgIpc) is 3.13. The molecule has 3 rings (SSSR count). The highest BCUT2D eigenvalue weighted by Gasteiger charge is 2.44. The number of nitrogens with zero attached hydrogens (tertiary/aromatic N) is 3. The highest BCUT2D eigenvalue weighted by Crippen LogP contribution is 2.35. The van der Waals surface area contributed by atoms with Crippen molar-refractivity contribution in [3.63, 3.8) is 0 Å². The van der Waals surface area contributed by atoms with Crippen molar-refractivity contribution in [2.75, 3.05) is 20.1 Å². The average molecular weight is 362 g/mol. The quantitative estimate of drug-likeness (QED) is 0.771. The van der Waals surface area contributed by atoms with Crippen molar-refractivity contribution >= 4 is 34.6 Å². The Hall–Kier alpha value is -1.21. The van der Waals surface area contributed by atoms with Crippen molar-refractivity contribution < 1.29 is 13.6 Å². The van der Waals surface area contributed by atoms with Crippen LogP contribution in [0.15, 0.2) is 17.2 Å². The van der Waals surface area contributed by atoms with Crippen molar-refractivity contribution in [3.05, 3.63) is 21.9 Å².